The Bertz CT molecular complexity index is 1010. The number of amides is 3. The van der Waals surface area contributed by atoms with Crippen LogP contribution in [0.2, 0.25) is 0 Å². The van der Waals surface area contributed by atoms with Crippen LogP contribution in [0.15, 0.2) is 34.9 Å². The minimum Gasteiger partial charge on any atom is -0.377 e. The molecule has 1 aromatic carbocycles. The Morgan fingerprint density at radius 2 is 2.00 bits per heavy atom. The average molecular weight is 479 g/mol. The van der Waals surface area contributed by atoms with Crippen LogP contribution in [0.3, 0.4) is 0 Å². The number of alkyl halides is 2. The molecule has 34 heavy (non-hydrogen) atoms. The molecule has 1 unspecified atom stereocenters. The second kappa shape index (κ2) is 10.7. The van der Waals surface area contributed by atoms with Gasteiger partial charge in [-0.1, -0.05) is 30.3 Å². The largest absolute Gasteiger partial charge is 0.377 e. The fraction of sp³-hybridized carbons (Fsp3) is 0.500. The Kier molecular flexibility index (Phi) is 7.92. The number of aromatic nitrogens is 2. The van der Waals surface area contributed by atoms with E-state index in [1.165, 1.54) is 0 Å². The lowest BCUT2D eigenvalue weighted by molar-refractivity contribution is -0.134. The summed E-state index contributed by atoms with van der Waals surface area (Å²) in [7, 11) is 0. The van der Waals surface area contributed by atoms with Gasteiger partial charge < -0.3 is 25.2 Å². The summed E-state index contributed by atoms with van der Waals surface area (Å²) in [4.78, 5) is 43.2. The van der Waals surface area contributed by atoms with Gasteiger partial charge in [0.15, 0.2) is 0 Å². The van der Waals surface area contributed by atoms with Crippen molar-refractivity contribution < 1.29 is 32.4 Å². The second-order valence-electron chi connectivity index (χ2n) is 8.18. The lowest BCUT2D eigenvalue weighted by Gasteiger charge is -2.39. The van der Waals surface area contributed by atoms with E-state index in [-0.39, 0.29) is 37.9 Å². The van der Waals surface area contributed by atoms with E-state index in [1.807, 2.05) is 6.07 Å². The molecule has 1 saturated heterocycles. The third kappa shape index (κ3) is 6.13. The van der Waals surface area contributed by atoms with Gasteiger partial charge in [0.25, 0.3) is 5.89 Å². The maximum atomic E-state index is 14.0. The Balaban J connectivity index is 1.79. The smallest absolute Gasteiger partial charge is 0.315 e. The molecule has 10 nitrogen and oxygen atoms in total. The summed E-state index contributed by atoms with van der Waals surface area (Å²) in [6.07, 6.45) is -0.711. The maximum Gasteiger partial charge on any atom is 0.315 e. The molecule has 12 heteroatoms. The molecule has 1 aliphatic rings. The van der Waals surface area contributed by atoms with Crippen LogP contribution in [0.1, 0.15) is 37.3 Å². The minimum atomic E-state index is -3.22. The molecule has 1 aromatic heterocycles. The number of carbonyl (C=O) groups excluding carboxylic acids is 3. The number of hydrogen-bond donors (Lipinski definition) is 2. The van der Waals surface area contributed by atoms with Crippen molar-refractivity contribution in [3.8, 4) is 11.5 Å². The number of urea groups is 1. The number of ketones is 1. The SMILES string of the molecule is CC[C@H](NC(=O)[C@@H](CC(C)(F)F)C1COCCN1C(N)=O)C(=O)c1noc(-c2ccccc2)n1. The van der Waals surface area contributed by atoms with Crippen LogP contribution >= 0.6 is 0 Å². The first-order valence-electron chi connectivity index (χ1n) is 10.9. The van der Waals surface area contributed by atoms with E-state index in [0.29, 0.717) is 12.5 Å². The summed E-state index contributed by atoms with van der Waals surface area (Å²) < 4.78 is 38.4. The van der Waals surface area contributed by atoms with E-state index in [9.17, 15) is 23.2 Å². The molecule has 0 spiro atoms. The summed E-state index contributed by atoms with van der Waals surface area (Å²) in [6.45, 7) is 2.43. The molecule has 3 atom stereocenters. The highest BCUT2D eigenvalue weighted by Crippen LogP contribution is 2.29. The number of hydrogen-bond acceptors (Lipinski definition) is 7. The lowest BCUT2D eigenvalue weighted by Crippen LogP contribution is -2.58. The first kappa shape index (κ1) is 25.2. The molecule has 3 amide bonds. The van der Waals surface area contributed by atoms with Crippen molar-refractivity contribution in [3.63, 3.8) is 0 Å². The first-order chi connectivity index (χ1) is 16.1. The second-order valence-corrected chi connectivity index (χ2v) is 8.18. The summed E-state index contributed by atoms with van der Waals surface area (Å²) in [5, 5.41) is 6.22. The summed E-state index contributed by atoms with van der Waals surface area (Å²) in [5.74, 6) is -6.15. The maximum absolute atomic E-state index is 14.0. The molecule has 184 valence electrons. The predicted octanol–water partition coefficient (Wildman–Crippen LogP) is 2.26. The number of benzene rings is 1. The Morgan fingerprint density at radius 1 is 1.29 bits per heavy atom. The summed E-state index contributed by atoms with van der Waals surface area (Å²) >= 11 is 0. The van der Waals surface area contributed by atoms with Crippen LogP contribution in [0.5, 0.6) is 0 Å². The van der Waals surface area contributed by atoms with E-state index in [2.05, 4.69) is 15.5 Å². The van der Waals surface area contributed by atoms with Crippen LogP contribution in [0, 0.1) is 5.92 Å². The Hall–Kier alpha value is -3.41. The van der Waals surface area contributed by atoms with Gasteiger partial charge in [-0.3, -0.25) is 9.59 Å². The summed E-state index contributed by atoms with van der Waals surface area (Å²) in [5.41, 5.74) is 6.00. The minimum absolute atomic E-state index is 0.0698. The first-order valence-corrected chi connectivity index (χ1v) is 10.9. The van der Waals surface area contributed by atoms with Crippen LogP contribution in [0.4, 0.5) is 13.6 Å². The molecule has 2 heterocycles. The highest BCUT2D eigenvalue weighted by molar-refractivity contribution is 5.99. The monoisotopic (exact) mass is 479 g/mol. The average Bonchev–Trinajstić information content (AvgIpc) is 3.31. The van der Waals surface area contributed by atoms with E-state index in [1.54, 1.807) is 31.2 Å². The predicted molar refractivity (Wildman–Crippen MR) is 116 cm³/mol. The van der Waals surface area contributed by atoms with Crippen molar-refractivity contribution in [2.75, 3.05) is 19.8 Å². The molecule has 1 fully saturated rings. The van der Waals surface area contributed by atoms with E-state index in [4.69, 9.17) is 15.0 Å². The number of ether oxygens (including phenoxy) is 1. The number of Topliss-reactive ketones (excluding diaryl/α,β-unsaturated/α-hetero) is 1. The van der Waals surface area contributed by atoms with Crippen molar-refractivity contribution in [3.05, 3.63) is 36.2 Å². The van der Waals surface area contributed by atoms with Crippen molar-refractivity contribution in [1.29, 1.82) is 0 Å². The van der Waals surface area contributed by atoms with Crippen molar-refractivity contribution in [2.24, 2.45) is 11.7 Å². The van der Waals surface area contributed by atoms with Gasteiger partial charge in [-0.15, -0.1) is 0 Å². The number of primary amides is 1. The quantitative estimate of drug-likeness (QED) is 0.526. The fourth-order valence-electron chi connectivity index (χ4n) is 3.83. The lowest BCUT2D eigenvalue weighted by atomic mass is 9.90. The fourth-order valence-corrected chi connectivity index (χ4v) is 3.83. The number of carbonyl (C=O) groups is 3. The third-order valence-electron chi connectivity index (χ3n) is 5.54. The van der Waals surface area contributed by atoms with Crippen LogP contribution in [0.25, 0.3) is 11.5 Å². The number of nitrogens with zero attached hydrogens (tertiary/aromatic N) is 3. The van der Waals surface area contributed by atoms with E-state index < -0.39 is 48.1 Å². The van der Waals surface area contributed by atoms with E-state index in [0.717, 1.165) is 4.90 Å². The highest BCUT2D eigenvalue weighted by Gasteiger charge is 2.42. The van der Waals surface area contributed by atoms with Crippen LogP contribution in [-0.2, 0) is 9.53 Å². The third-order valence-corrected chi connectivity index (χ3v) is 5.54. The van der Waals surface area contributed by atoms with Gasteiger partial charge in [0.2, 0.25) is 23.4 Å². The Labute approximate surface area is 194 Å². The molecule has 0 bridgehead atoms. The van der Waals surface area contributed by atoms with Gasteiger partial charge in [0.05, 0.1) is 31.2 Å². The van der Waals surface area contributed by atoms with Crippen molar-refractivity contribution >= 4 is 17.7 Å². The van der Waals surface area contributed by atoms with E-state index >= 15 is 0 Å². The molecular weight excluding hydrogens is 452 g/mol. The zero-order chi connectivity index (χ0) is 24.9. The zero-order valence-electron chi connectivity index (χ0n) is 18.9. The van der Waals surface area contributed by atoms with Gasteiger partial charge in [0.1, 0.15) is 0 Å². The normalized spacial score (nSPS) is 18.2. The molecule has 1 aliphatic heterocycles. The molecule has 0 radical (unpaired) electrons. The van der Waals surface area contributed by atoms with Gasteiger partial charge in [-0.25, -0.2) is 13.6 Å². The zero-order valence-corrected chi connectivity index (χ0v) is 18.9. The number of nitrogens with two attached hydrogens (primary N) is 1. The van der Waals surface area contributed by atoms with Crippen LogP contribution in [-0.4, -0.2) is 70.5 Å². The standard InChI is InChI=1S/C22H27F2N5O5/c1-3-15(17(30)18-27-20(34-28-18)13-7-5-4-6-8-13)26-19(31)14(11-22(2,23)24)16-12-33-10-9-29(16)21(25)32/h4-8,14-16H,3,9-12H2,1-2H3,(H2,25,32)(H,26,31)/t14-,15-,16?/m0/s1. The molecule has 0 aliphatic carbocycles. The van der Waals surface area contributed by atoms with Crippen LogP contribution < -0.4 is 11.1 Å². The number of rotatable bonds is 9. The molecule has 0 saturated carbocycles. The van der Waals surface area contributed by atoms with Gasteiger partial charge in [-0.2, -0.15) is 4.98 Å². The highest BCUT2D eigenvalue weighted by atomic mass is 19.3. The molecule has 3 rings (SSSR count). The summed E-state index contributed by atoms with van der Waals surface area (Å²) in [6, 6.07) is 5.87. The van der Waals surface area contributed by atoms with Gasteiger partial charge >= 0.3 is 6.03 Å². The van der Waals surface area contributed by atoms with Gasteiger partial charge in [0, 0.05) is 18.5 Å². The molecular formula is C22H27F2N5O5. The van der Waals surface area contributed by atoms with Crippen molar-refractivity contribution in [2.45, 2.75) is 44.7 Å². The van der Waals surface area contributed by atoms with Gasteiger partial charge in [-0.05, 0) is 25.5 Å². The number of halogens is 2. The number of morpholine rings is 1. The topological polar surface area (TPSA) is 141 Å². The number of nitrogens with one attached hydrogen (secondary N) is 1. The molecule has 2 aromatic rings. The van der Waals surface area contributed by atoms with Crippen molar-refractivity contribution in [1.82, 2.24) is 20.4 Å². The molecule has 3 N–H and O–H groups in total. The Morgan fingerprint density at radius 3 is 2.62 bits per heavy atom.